The first-order chi connectivity index (χ1) is 3.33. The van der Waals surface area contributed by atoms with Gasteiger partial charge in [0.15, 0.2) is 0 Å². The molecule has 0 aliphatic carbocycles. The highest BCUT2D eigenvalue weighted by atomic mass is 16.5. The van der Waals surface area contributed by atoms with E-state index in [4.69, 9.17) is 0 Å². The van der Waals surface area contributed by atoms with Gasteiger partial charge in [0.05, 0.1) is 0 Å². The van der Waals surface area contributed by atoms with Gasteiger partial charge in [0.2, 0.25) is 0 Å². The summed E-state index contributed by atoms with van der Waals surface area (Å²) in [5, 5.41) is 0. The zero-order chi connectivity index (χ0) is 6.12. The lowest BCUT2D eigenvalue weighted by Gasteiger charge is -1.76. The summed E-state index contributed by atoms with van der Waals surface area (Å²) < 4.78 is 4.54. The number of rotatable bonds is 1. The summed E-state index contributed by atoms with van der Waals surface area (Å²) in [4.78, 5) is 0. The van der Waals surface area contributed by atoms with Crippen molar-refractivity contribution in [1.29, 1.82) is 0 Å². The van der Waals surface area contributed by atoms with E-state index in [1.807, 2.05) is 6.92 Å². The second kappa shape index (κ2) is 44.0. The molecule has 0 aliphatic heterocycles. The van der Waals surface area contributed by atoms with E-state index >= 15 is 0 Å². The van der Waals surface area contributed by atoms with Gasteiger partial charge in [-0.05, 0) is 6.92 Å². The van der Waals surface area contributed by atoms with Crippen LogP contribution < -0.4 is 0 Å². The molecule has 0 N–H and O–H groups in total. The van der Waals surface area contributed by atoms with E-state index in [1.54, 1.807) is 7.11 Å². The van der Waals surface area contributed by atoms with Gasteiger partial charge in [-0.1, -0.05) is 35.1 Å². The first-order valence-electron chi connectivity index (χ1n) is 2.82. The molecule has 0 amide bonds. The molecule has 0 aromatic carbocycles. The normalized spacial score (nSPS) is 5.33. The molecule has 0 heterocycles. The molecule has 0 rings (SSSR count). The highest BCUT2D eigenvalue weighted by molar-refractivity contribution is 3.94. The van der Waals surface area contributed by atoms with Crippen molar-refractivity contribution < 1.29 is 4.74 Å². The van der Waals surface area contributed by atoms with Gasteiger partial charge in [-0.15, -0.1) is 0 Å². The first kappa shape index (κ1) is 23.1. The third kappa shape index (κ3) is 307. The molecule has 0 spiro atoms. The molecular weight excluding hydrogens is 112 g/mol. The van der Waals surface area contributed by atoms with Crippen molar-refractivity contribution in [3.63, 3.8) is 0 Å². The van der Waals surface area contributed by atoms with Crippen molar-refractivity contribution in [2.24, 2.45) is 0 Å². The Labute approximate surface area is 61.4 Å². The monoisotopic (exact) mass is 136 g/mol. The second-order valence-corrected chi connectivity index (χ2v) is 1.28. The average molecular weight is 136 g/mol. The minimum atomic E-state index is 0. The Hall–Kier alpha value is -0.0400. The van der Waals surface area contributed by atoms with Crippen LogP contribution in [-0.2, 0) is 4.74 Å². The third-order valence-electron chi connectivity index (χ3n) is 0.289. The van der Waals surface area contributed by atoms with Crippen LogP contribution in [-0.4, -0.2) is 13.7 Å². The maximum atomic E-state index is 4.54. The van der Waals surface area contributed by atoms with Gasteiger partial charge < -0.3 is 4.74 Å². The fourth-order valence-electron chi connectivity index (χ4n) is 0. The van der Waals surface area contributed by atoms with Gasteiger partial charge in [0.25, 0.3) is 0 Å². The molecule has 0 unspecified atom stereocenters. The lowest BCUT2D eigenvalue weighted by Crippen LogP contribution is -1.73. The van der Waals surface area contributed by atoms with Crippen LogP contribution in [0, 0.1) is 0 Å². The maximum Gasteiger partial charge on any atom is 0.0433 e. The zero-order valence-electron chi connectivity index (χ0n) is 5.82. The third-order valence-corrected chi connectivity index (χ3v) is 0.289. The van der Waals surface area contributed by atoms with Crippen LogP contribution >= 0.6 is 0 Å². The van der Waals surface area contributed by atoms with Gasteiger partial charge in [-0.25, -0.2) is 0 Å². The lowest BCUT2D eigenvalue weighted by atomic mass is 10.6. The topological polar surface area (TPSA) is 9.23 Å². The Balaban J connectivity index is -0.0000000233. The molecule has 0 bridgehead atoms. The molecule has 0 saturated carbocycles. The fraction of sp³-hybridized carbons (Fsp3) is 1.00. The molecule has 62 valence electrons. The molecule has 0 fully saturated rings. The van der Waals surface area contributed by atoms with Crippen LogP contribution in [0.5, 0.6) is 0 Å². The Morgan fingerprint density at radius 3 is 1.11 bits per heavy atom. The smallest absolute Gasteiger partial charge is 0.0433 e. The van der Waals surface area contributed by atoms with Crippen molar-refractivity contribution in [2.75, 3.05) is 13.7 Å². The van der Waals surface area contributed by atoms with Crippen LogP contribution in [0.3, 0.4) is 0 Å². The van der Waals surface area contributed by atoms with Gasteiger partial charge in [0, 0.05) is 13.7 Å². The van der Waals surface area contributed by atoms with Crippen LogP contribution in [0.1, 0.15) is 42.0 Å². The highest BCUT2D eigenvalue weighted by Gasteiger charge is 1.51. The van der Waals surface area contributed by atoms with Crippen molar-refractivity contribution in [1.82, 2.24) is 0 Å². The van der Waals surface area contributed by atoms with E-state index in [9.17, 15) is 0 Å². The van der Waals surface area contributed by atoms with Crippen molar-refractivity contribution in [2.45, 2.75) is 42.0 Å². The molecule has 0 radical (unpaired) electrons. The van der Waals surface area contributed by atoms with Gasteiger partial charge in [-0.3, -0.25) is 0 Å². The summed E-state index contributed by atoms with van der Waals surface area (Å²) in [5.41, 5.74) is 0. The number of ether oxygens (including phenoxy) is 1. The van der Waals surface area contributed by atoms with Gasteiger partial charge >= 0.3 is 0 Å². The lowest BCUT2D eigenvalue weighted by molar-refractivity contribution is 0.215. The molecule has 0 aliphatic rings. The van der Waals surface area contributed by atoms with E-state index in [2.05, 4.69) is 18.6 Å². The van der Waals surface area contributed by atoms with Crippen molar-refractivity contribution >= 4 is 0 Å². The number of methoxy groups -OCH3 is 1. The Kier molecular flexibility index (Phi) is 113. The summed E-state index contributed by atoms with van der Waals surface area (Å²) in [6.07, 6.45) is 1.25. The summed E-state index contributed by atoms with van der Waals surface area (Å²) in [6, 6.07) is 0. The summed E-state index contributed by atoms with van der Waals surface area (Å²) in [6.45, 7) is 7.03. The van der Waals surface area contributed by atoms with Crippen molar-refractivity contribution in [3.8, 4) is 0 Å². The standard InChI is InChI=1S/C3H8O.C3H8.2CH4/c1-3-4-2;1-3-2;;/h3H2,1-2H3;3H2,1-2H3;2*1H4. The van der Waals surface area contributed by atoms with Crippen LogP contribution in [0.25, 0.3) is 0 Å². The number of hydrogen-bond acceptors (Lipinski definition) is 1. The summed E-state index contributed by atoms with van der Waals surface area (Å²) >= 11 is 0. The SMILES string of the molecule is C.C.CCC.CCOC. The predicted octanol–water partition coefficient (Wildman–Crippen LogP) is 3.34. The minimum absolute atomic E-state index is 0. The van der Waals surface area contributed by atoms with E-state index in [0.29, 0.717) is 0 Å². The second-order valence-electron chi connectivity index (χ2n) is 1.28. The summed E-state index contributed by atoms with van der Waals surface area (Å²) in [5.74, 6) is 0. The number of hydrogen-bond donors (Lipinski definition) is 0. The maximum absolute atomic E-state index is 4.54. The van der Waals surface area contributed by atoms with E-state index in [-0.39, 0.29) is 14.9 Å². The Morgan fingerprint density at radius 2 is 1.11 bits per heavy atom. The minimum Gasteiger partial charge on any atom is -0.385 e. The van der Waals surface area contributed by atoms with E-state index < -0.39 is 0 Å². The molecule has 9 heavy (non-hydrogen) atoms. The van der Waals surface area contributed by atoms with Crippen molar-refractivity contribution in [3.05, 3.63) is 0 Å². The van der Waals surface area contributed by atoms with E-state index in [1.165, 1.54) is 6.42 Å². The molecule has 0 atom stereocenters. The van der Waals surface area contributed by atoms with E-state index in [0.717, 1.165) is 6.61 Å². The summed E-state index contributed by atoms with van der Waals surface area (Å²) in [7, 11) is 1.68. The molecule has 0 aromatic rings. The van der Waals surface area contributed by atoms with Gasteiger partial charge in [0.1, 0.15) is 0 Å². The molecular formula is C8H24O. The predicted molar refractivity (Wildman–Crippen MR) is 47.0 cm³/mol. The zero-order valence-corrected chi connectivity index (χ0v) is 5.82. The quantitative estimate of drug-likeness (QED) is 0.537. The molecule has 1 heteroatoms. The average Bonchev–Trinajstić information content (AvgIpc) is 1.69. The molecule has 1 nitrogen and oxygen atoms in total. The highest BCUT2D eigenvalue weighted by Crippen LogP contribution is 1.56. The van der Waals surface area contributed by atoms with Crippen LogP contribution in [0.4, 0.5) is 0 Å². The fourth-order valence-corrected chi connectivity index (χ4v) is 0. The molecule has 0 saturated heterocycles. The largest absolute Gasteiger partial charge is 0.385 e. The van der Waals surface area contributed by atoms with Crippen LogP contribution in [0.2, 0.25) is 0 Å². The first-order valence-corrected chi connectivity index (χ1v) is 2.82. The Morgan fingerprint density at radius 1 is 1.00 bits per heavy atom. The molecule has 0 aromatic heterocycles. The van der Waals surface area contributed by atoms with Crippen LogP contribution in [0.15, 0.2) is 0 Å². The van der Waals surface area contributed by atoms with Gasteiger partial charge in [-0.2, -0.15) is 0 Å². The Bertz CT molecular complexity index is 12.0.